The number of amides is 2. The van der Waals surface area contributed by atoms with Crippen molar-refractivity contribution in [2.24, 2.45) is 11.7 Å². The summed E-state index contributed by atoms with van der Waals surface area (Å²) in [7, 11) is 0. The molecule has 40 heavy (non-hydrogen) atoms. The van der Waals surface area contributed by atoms with Gasteiger partial charge < -0.3 is 30.9 Å². The molecule has 0 spiro atoms. The highest BCUT2D eigenvalue weighted by atomic mass is 16.5. The SMILES string of the molecule is Cc1cccc(C)c1Oc1ccccc1C(O)(CCCNC(=O)O)C1CCCN(C(=O)c2ccc(CN)cc2)C1. The summed E-state index contributed by atoms with van der Waals surface area (Å²) in [6.45, 7) is 5.57. The minimum atomic E-state index is -1.35. The van der Waals surface area contributed by atoms with Crippen LogP contribution in [0.15, 0.2) is 66.7 Å². The molecule has 2 amide bonds. The van der Waals surface area contributed by atoms with Crippen molar-refractivity contribution >= 4 is 12.0 Å². The van der Waals surface area contributed by atoms with Gasteiger partial charge in [0.15, 0.2) is 0 Å². The second kappa shape index (κ2) is 13.0. The fourth-order valence-electron chi connectivity index (χ4n) is 5.61. The largest absolute Gasteiger partial charge is 0.465 e. The number of aliphatic hydroxyl groups is 1. The fourth-order valence-corrected chi connectivity index (χ4v) is 5.61. The second-order valence-corrected chi connectivity index (χ2v) is 10.6. The fraction of sp³-hybridized carbons (Fsp3) is 0.375. The molecule has 0 saturated carbocycles. The van der Waals surface area contributed by atoms with Crippen LogP contribution in [0.2, 0.25) is 0 Å². The van der Waals surface area contributed by atoms with Crippen molar-refractivity contribution in [1.29, 1.82) is 0 Å². The number of rotatable bonds is 10. The number of para-hydroxylation sites is 2. The number of nitrogens with zero attached hydrogens (tertiary/aromatic N) is 1. The molecule has 8 heteroatoms. The highest BCUT2D eigenvalue weighted by molar-refractivity contribution is 5.94. The number of nitrogens with one attached hydrogen (secondary N) is 1. The van der Waals surface area contributed by atoms with Gasteiger partial charge in [-0.1, -0.05) is 48.5 Å². The van der Waals surface area contributed by atoms with Gasteiger partial charge in [-0.3, -0.25) is 4.79 Å². The molecule has 0 radical (unpaired) electrons. The standard InChI is InChI=1S/C32H39N3O5/c1-22-8-5-9-23(2)29(22)40-28-12-4-3-11-27(28)32(39,17-7-18-34-31(37)38)26-10-6-19-35(21-26)30(36)25-15-13-24(20-33)14-16-25/h3-5,8-9,11-16,26,34,39H,6-7,10,17-21,33H2,1-2H3,(H,37,38). The number of hydrogen-bond acceptors (Lipinski definition) is 5. The number of carbonyl (C=O) groups excluding carboxylic acids is 1. The van der Waals surface area contributed by atoms with Crippen molar-refractivity contribution in [3.05, 3.63) is 94.5 Å². The van der Waals surface area contributed by atoms with Crippen LogP contribution in [0, 0.1) is 19.8 Å². The van der Waals surface area contributed by atoms with Crippen LogP contribution in [0.4, 0.5) is 4.79 Å². The summed E-state index contributed by atoms with van der Waals surface area (Å²) in [6, 6.07) is 20.7. The summed E-state index contributed by atoms with van der Waals surface area (Å²) in [4.78, 5) is 26.3. The number of aryl methyl sites for hydroxylation is 2. The molecule has 1 aliphatic heterocycles. The summed E-state index contributed by atoms with van der Waals surface area (Å²) in [6.07, 6.45) is 1.09. The van der Waals surface area contributed by atoms with Crippen LogP contribution in [0.5, 0.6) is 11.5 Å². The summed E-state index contributed by atoms with van der Waals surface area (Å²) in [5, 5.41) is 24.0. The number of carbonyl (C=O) groups is 2. The van der Waals surface area contributed by atoms with Crippen LogP contribution in [0.1, 0.15) is 58.3 Å². The third kappa shape index (κ3) is 6.63. The number of piperidine rings is 1. The molecule has 4 rings (SSSR count). The van der Waals surface area contributed by atoms with Gasteiger partial charge in [-0.05, 0) is 74.4 Å². The highest BCUT2D eigenvalue weighted by Crippen LogP contribution is 2.44. The molecular formula is C32H39N3O5. The molecule has 3 aromatic rings. The van der Waals surface area contributed by atoms with Gasteiger partial charge in [-0.2, -0.15) is 0 Å². The molecule has 2 atom stereocenters. The maximum Gasteiger partial charge on any atom is 0.404 e. The van der Waals surface area contributed by atoms with E-state index in [1.54, 1.807) is 17.0 Å². The van der Waals surface area contributed by atoms with Crippen molar-refractivity contribution in [3.63, 3.8) is 0 Å². The Hall–Kier alpha value is -3.88. The molecular weight excluding hydrogens is 506 g/mol. The summed E-state index contributed by atoms with van der Waals surface area (Å²) in [5.74, 6) is 0.935. The van der Waals surface area contributed by atoms with E-state index in [-0.39, 0.29) is 18.4 Å². The van der Waals surface area contributed by atoms with E-state index in [2.05, 4.69) is 5.32 Å². The molecule has 1 aliphatic rings. The Morgan fingerprint density at radius 3 is 2.42 bits per heavy atom. The molecule has 1 heterocycles. The lowest BCUT2D eigenvalue weighted by Gasteiger charge is -2.43. The minimum absolute atomic E-state index is 0.0803. The molecule has 5 N–H and O–H groups in total. The van der Waals surface area contributed by atoms with E-state index >= 15 is 0 Å². The summed E-state index contributed by atoms with van der Waals surface area (Å²) in [5.41, 5.74) is 8.52. The number of benzene rings is 3. The smallest absolute Gasteiger partial charge is 0.404 e. The first-order chi connectivity index (χ1) is 19.2. The molecule has 0 aliphatic carbocycles. The van der Waals surface area contributed by atoms with Gasteiger partial charge in [-0.25, -0.2) is 4.79 Å². The average Bonchev–Trinajstić information content (AvgIpc) is 2.97. The molecule has 3 aromatic carbocycles. The number of carboxylic acid groups (broad SMARTS) is 1. The maximum atomic E-state index is 13.4. The molecule has 0 bridgehead atoms. The first kappa shape index (κ1) is 29.1. The Morgan fingerprint density at radius 1 is 1.05 bits per heavy atom. The van der Waals surface area contributed by atoms with E-state index in [9.17, 15) is 14.7 Å². The van der Waals surface area contributed by atoms with Gasteiger partial charge in [-0.15, -0.1) is 0 Å². The Balaban J connectivity index is 1.65. The van der Waals surface area contributed by atoms with Crippen LogP contribution in [-0.4, -0.2) is 46.7 Å². The van der Waals surface area contributed by atoms with E-state index < -0.39 is 11.7 Å². The first-order valence-corrected chi connectivity index (χ1v) is 13.8. The van der Waals surface area contributed by atoms with Gasteiger partial charge in [0.1, 0.15) is 11.5 Å². The van der Waals surface area contributed by atoms with Gasteiger partial charge in [0.05, 0.1) is 5.60 Å². The van der Waals surface area contributed by atoms with Gasteiger partial charge in [0.25, 0.3) is 5.91 Å². The summed E-state index contributed by atoms with van der Waals surface area (Å²) >= 11 is 0. The molecule has 1 saturated heterocycles. The van der Waals surface area contributed by atoms with E-state index in [0.29, 0.717) is 49.4 Å². The monoisotopic (exact) mass is 545 g/mol. The van der Waals surface area contributed by atoms with Crippen molar-refractivity contribution in [2.45, 2.75) is 51.7 Å². The lowest BCUT2D eigenvalue weighted by atomic mass is 9.74. The van der Waals surface area contributed by atoms with E-state index in [1.165, 1.54) is 0 Å². The van der Waals surface area contributed by atoms with Crippen LogP contribution in [0.3, 0.4) is 0 Å². The topological polar surface area (TPSA) is 125 Å². The van der Waals surface area contributed by atoms with Crippen molar-refractivity contribution in [1.82, 2.24) is 10.2 Å². The number of hydrogen-bond donors (Lipinski definition) is 4. The Bertz CT molecular complexity index is 1310. The zero-order chi connectivity index (χ0) is 28.7. The van der Waals surface area contributed by atoms with Crippen molar-refractivity contribution < 1.29 is 24.5 Å². The highest BCUT2D eigenvalue weighted by Gasteiger charge is 2.43. The summed E-state index contributed by atoms with van der Waals surface area (Å²) < 4.78 is 6.46. The average molecular weight is 546 g/mol. The Kier molecular flexibility index (Phi) is 9.45. The molecule has 0 aromatic heterocycles. The third-order valence-corrected chi connectivity index (χ3v) is 7.81. The van der Waals surface area contributed by atoms with E-state index in [0.717, 1.165) is 35.3 Å². The van der Waals surface area contributed by atoms with Gasteiger partial charge in [0.2, 0.25) is 0 Å². The predicted molar refractivity (Wildman–Crippen MR) is 155 cm³/mol. The molecule has 2 unspecified atom stereocenters. The second-order valence-electron chi connectivity index (χ2n) is 10.6. The minimum Gasteiger partial charge on any atom is -0.465 e. The molecule has 1 fully saturated rings. The van der Waals surface area contributed by atoms with Gasteiger partial charge in [0, 0.05) is 43.2 Å². The zero-order valence-corrected chi connectivity index (χ0v) is 23.2. The predicted octanol–water partition coefficient (Wildman–Crippen LogP) is 5.34. The van der Waals surface area contributed by atoms with Gasteiger partial charge >= 0.3 is 6.09 Å². The first-order valence-electron chi connectivity index (χ1n) is 13.8. The van der Waals surface area contributed by atoms with Crippen LogP contribution in [-0.2, 0) is 12.1 Å². The van der Waals surface area contributed by atoms with Crippen LogP contribution in [0.25, 0.3) is 0 Å². The maximum absolute atomic E-state index is 13.4. The lowest BCUT2D eigenvalue weighted by Crippen LogP contribution is -2.48. The lowest BCUT2D eigenvalue weighted by molar-refractivity contribution is -0.0578. The number of ether oxygens (including phenoxy) is 1. The zero-order valence-electron chi connectivity index (χ0n) is 23.2. The normalized spacial score (nSPS) is 16.7. The van der Waals surface area contributed by atoms with Crippen molar-refractivity contribution in [2.75, 3.05) is 19.6 Å². The van der Waals surface area contributed by atoms with Crippen molar-refractivity contribution in [3.8, 4) is 11.5 Å². The number of likely N-dealkylation sites (tertiary alicyclic amines) is 1. The molecule has 212 valence electrons. The van der Waals surface area contributed by atoms with E-state index in [1.807, 2.05) is 68.4 Å². The van der Waals surface area contributed by atoms with Crippen LogP contribution >= 0.6 is 0 Å². The Morgan fingerprint density at radius 2 is 1.75 bits per heavy atom. The van der Waals surface area contributed by atoms with Crippen LogP contribution < -0.4 is 15.8 Å². The molecule has 8 nitrogen and oxygen atoms in total. The van der Waals surface area contributed by atoms with E-state index in [4.69, 9.17) is 15.6 Å². The third-order valence-electron chi connectivity index (χ3n) is 7.81. The number of nitrogens with two attached hydrogens (primary N) is 1. The Labute approximate surface area is 235 Å². The quantitative estimate of drug-likeness (QED) is 0.255.